The van der Waals surface area contributed by atoms with Crippen LogP contribution < -0.4 is 5.32 Å². The number of nitrogens with one attached hydrogen (secondary N) is 1. The van der Waals surface area contributed by atoms with Crippen LogP contribution in [0, 0.1) is 6.92 Å². The zero-order chi connectivity index (χ0) is 17.6. The molecule has 1 aliphatic carbocycles. The molecule has 0 saturated carbocycles. The van der Waals surface area contributed by atoms with E-state index in [0.29, 0.717) is 12.1 Å². The average molecular weight is 322 g/mol. The zero-order valence-corrected chi connectivity index (χ0v) is 16.0. The summed E-state index contributed by atoms with van der Waals surface area (Å²) in [6.07, 6.45) is 2.26. The highest BCUT2D eigenvalue weighted by Crippen LogP contribution is 2.38. The predicted octanol–water partition coefficient (Wildman–Crippen LogP) is 3.63. The summed E-state index contributed by atoms with van der Waals surface area (Å²) < 4.78 is 0. The third-order valence-corrected chi connectivity index (χ3v) is 5.87. The number of hydrogen-bond acceptors (Lipinski definition) is 2. The monoisotopic (exact) mass is 322 g/mol. The molecule has 0 aromatic heterocycles. The molecule has 0 spiro atoms. The van der Waals surface area contributed by atoms with Gasteiger partial charge in [0.1, 0.15) is 7.85 Å². The van der Waals surface area contributed by atoms with Gasteiger partial charge in [-0.3, -0.25) is 0 Å². The Morgan fingerprint density at radius 1 is 1.29 bits per heavy atom. The number of hydrogen-bond donors (Lipinski definition) is 1. The first-order valence-electron chi connectivity index (χ1n) is 9.15. The van der Waals surface area contributed by atoms with Crippen LogP contribution in [0.3, 0.4) is 0 Å². The van der Waals surface area contributed by atoms with Gasteiger partial charge in [0.05, 0.1) is 6.04 Å². The highest BCUT2D eigenvalue weighted by molar-refractivity contribution is 6.15. The first-order valence-corrected chi connectivity index (χ1v) is 9.15. The maximum atomic E-state index is 4.22. The lowest BCUT2D eigenvalue weighted by atomic mass is 9.66. The van der Waals surface area contributed by atoms with Crippen molar-refractivity contribution in [1.82, 2.24) is 10.2 Å². The van der Waals surface area contributed by atoms with E-state index in [1.807, 2.05) is 0 Å². The molecule has 1 saturated heterocycles. The van der Waals surface area contributed by atoms with E-state index in [9.17, 15) is 0 Å². The molecule has 1 heterocycles. The van der Waals surface area contributed by atoms with E-state index >= 15 is 0 Å². The van der Waals surface area contributed by atoms with Gasteiger partial charge in [0, 0.05) is 24.8 Å². The molecular formula is C21H31BN2. The quantitative estimate of drug-likeness (QED) is 0.855. The molecule has 24 heavy (non-hydrogen) atoms. The lowest BCUT2D eigenvalue weighted by Crippen LogP contribution is -2.55. The van der Waals surface area contributed by atoms with Crippen molar-refractivity contribution in [3.8, 4) is 0 Å². The van der Waals surface area contributed by atoms with Crippen LogP contribution >= 0.6 is 0 Å². The molecule has 1 aromatic carbocycles. The Morgan fingerprint density at radius 2 is 2.00 bits per heavy atom. The van der Waals surface area contributed by atoms with Crippen molar-refractivity contribution >= 4 is 13.4 Å². The second-order valence-corrected chi connectivity index (χ2v) is 8.69. The summed E-state index contributed by atoms with van der Waals surface area (Å²) in [6.45, 7) is 19.5. The van der Waals surface area contributed by atoms with E-state index < -0.39 is 0 Å². The Kier molecular flexibility index (Phi) is 4.42. The molecule has 1 fully saturated rings. The second-order valence-electron chi connectivity index (χ2n) is 8.69. The number of benzene rings is 1. The molecule has 1 aliphatic heterocycles. The molecule has 2 nitrogen and oxygen atoms in total. The number of allylic oxidation sites excluding steroid dienone is 2. The van der Waals surface area contributed by atoms with Gasteiger partial charge in [0.2, 0.25) is 0 Å². The van der Waals surface area contributed by atoms with Gasteiger partial charge in [-0.2, -0.15) is 0 Å². The predicted molar refractivity (Wildman–Crippen MR) is 107 cm³/mol. The topological polar surface area (TPSA) is 15.3 Å². The average Bonchev–Trinajstić information content (AvgIpc) is 2.88. The molecule has 1 N–H and O–H groups in total. The van der Waals surface area contributed by atoms with Crippen molar-refractivity contribution in [1.29, 1.82) is 0 Å². The van der Waals surface area contributed by atoms with Crippen LogP contribution in [0.5, 0.6) is 0 Å². The third kappa shape index (κ3) is 3.07. The molecule has 2 aliphatic rings. The van der Waals surface area contributed by atoms with Gasteiger partial charge in [-0.05, 0) is 59.8 Å². The molecule has 3 heteroatoms. The van der Waals surface area contributed by atoms with E-state index in [1.54, 1.807) is 0 Å². The molecule has 0 bridgehead atoms. The lowest BCUT2D eigenvalue weighted by Gasteiger charge is -2.46. The fourth-order valence-corrected chi connectivity index (χ4v) is 4.10. The summed E-state index contributed by atoms with van der Waals surface area (Å²) in [5.41, 5.74) is 8.27. The van der Waals surface area contributed by atoms with Crippen molar-refractivity contribution in [2.45, 2.75) is 57.9 Å². The smallest absolute Gasteiger partial charge is 0.110 e. The van der Waals surface area contributed by atoms with Gasteiger partial charge in [0.15, 0.2) is 0 Å². The number of rotatable bonds is 3. The van der Waals surface area contributed by atoms with Gasteiger partial charge in [-0.25, -0.2) is 0 Å². The van der Waals surface area contributed by atoms with Crippen LogP contribution in [0.15, 0.2) is 31.0 Å². The van der Waals surface area contributed by atoms with Crippen LogP contribution in [0.25, 0.3) is 5.57 Å². The summed E-state index contributed by atoms with van der Waals surface area (Å²) in [7, 11) is 2.32. The fourth-order valence-electron chi connectivity index (χ4n) is 4.10. The van der Waals surface area contributed by atoms with Crippen LogP contribution in [0.4, 0.5) is 0 Å². The van der Waals surface area contributed by atoms with Crippen molar-refractivity contribution < 1.29 is 0 Å². The zero-order valence-electron chi connectivity index (χ0n) is 16.0. The minimum absolute atomic E-state index is 0.227. The lowest BCUT2D eigenvalue weighted by molar-refractivity contribution is 0.177. The molecule has 128 valence electrons. The normalized spacial score (nSPS) is 24.2. The van der Waals surface area contributed by atoms with Gasteiger partial charge < -0.3 is 10.2 Å². The van der Waals surface area contributed by atoms with Crippen LogP contribution in [0.1, 0.15) is 55.5 Å². The van der Waals surface area contributed by atoms with Crippen LogP contribution in [-0.4, -0.2) is 31.9 Å². The molecule has 0 radical (unpaired) electrons. The van der Waals surface area contributed by atoms with Crippen molar-refractivity contribution in [3.63, 3.8) is 0 Å². The first kappa shape index (κ1) is 17.4. The molecule has 1 aromatic rings. The summed E-state index contributed by atoms with van der Waals surface area (Å²) in [6, 6.07) is 5.43. The van der Waals surface area contributed by atoms with Crippen molar-refractivity contribution in [2.24, 2.45) is 0 Å². The first-order chi connectivity index (χ1) is 11.2. The minimum atomic E-state index is 0.227. The third-order valence-electron chi connectivity index (χ3n) is 5.87. The molecule has 3 rings (SSSR count). The maximum Gasteiger partial charge on any atom is 0.110 e. The standard InChI is InChI=1S/C21H31BN2/c1-13(2)24-11-19(23-20(12-24)21(5,6)22)18-10-9-16-14(3)7-8-17(16)15(18)4/h9-10,19-20,23H,1,3,7-8,11-12,22H2,2,4-6H3. The Hall–Kier alpha value is -1.48. The summed E-state index contributed by atoms with van der Waals surface area (Å²) in [5.74, 6) is 0. The second kappa shape index (κ2) is 6.11. The van der Waals surface area contributed by atoms with E-state index in [4.69, 9.17) is 0 Å². The van der Waals surface area contributed by atoms with Gasteiger partial charge >= 0.3 is 0 Å². The minimum Gasteiger partial charge on any atom is -0.372 e. The Balaban J connectivity index is 1.96. The highest BCUT2D eigenvalue weighted by atomic mass is 15.2. The summed E-state index contributed by atoms with van der Waals surface area (Å²) in [4.78, 5) is 2.45. The van der Waals surface area contributed by atoms with Gasteiger partial charge in [-0.1, -0.05) is 39.1 Å². The van der Waals surface area contributed by atoms with Crippen molar-refractivity contribution in [3.05, 3.63) is 53.2 Å². The largest absolute Gasteiger partial charge is 0.372 e. The Labute approximate surface area is 148 Å². The maximum absolute atomic E-state index is 4.22. The number of fused-ring (bicyclic) bond motifs is 1. The molecular weight excluding hydrogens is 291 g/mol. The van der Waals surface area contributed by atoms with E-state index in [1.165, 1.54) is 33.5 Å². The Morgan fingerprint density at radius 3 is 2.62 bits per heavy atom. The van der Waals surface area contributed by atoms with E-state index in [2.05, 4.69) is 71.0 Å². The summed E-state index contributed by atoms with van der Waals surface area (Å²) in [5, 5.41) is 4.16. The van der Waals surface area contributed by atoms with Gasteiger partial charge in [0.25, 0.3) is 0 Å². The molecule has 0 amide bonds. The van der Waals surface area contributed by atoms with E-state index in [0.717, 1.165) is 25.9 Å². The number of piperazine rings is 1. The molecule has 2 unspecified atom stereocenters. The van der Waals surface area contributed by atoms with Gasteiger partial charge in [-0.15, -0.1) is 0 Å². The highest BCUT2D eigenvalue weighted by Gasteiger charge is 2.35. The van der Waals surface area contributed by atoms with E-state index in [-0.39, 0.29) is 5.31 Å². The Bertz CT molecular complexity index is 684. The number of nitrogens with zero attached hydrogens (tertiary/aromatic N) is 1. The van der Waals surface area contributed by atoms with Crippen LogP contribution in [-0.2, 0) is 6.42 Å². The SMILES string of the molecule is BC(C)(C)C1CN(C(=C)C)CC(c2ccc3c(c2C)CCC3=C)N1. The molecule has 2 atom stereocenters. The van der Waals surface area contributed by atoms with Crippen molar-refractivity contribution in [2.75, 3.05) is 13.1 Å². The van der Waals surface area contributed by atoms with Crippen LogP contribution in [0.2, 0.25) is 5.31 Å². The summed E-state index contributed by atoms with van der Waals surface area (Å²) >= 11 is 0. The fraction of sp³-hybridized carbons (Fsp3) is 0.524.